The van der Waals surface area contributed by atoms with Crippen molar-refractivity contribution in [2.75, 3.05) is 0 Å². The first-order valence-electron chi connectivity index (χ1n) is 5.77. The van der Waals surface area contributed by atoms with Gasteiger partial charge in [-0.25, -0.2) is 4.98 Å². The van der Waals surface area contributed by atoms with E-state index in [0.717, 1.165) is 16.9 Å². The highest BCUT2D eigenvalue weighted by Crippen LogP contribution is 2.25. The zero-order chi connectivity index (χ0) is 11.8. The number of aryl methyl sites for hydroxylation is 1. The number of hydrogen-bond acceptors (Lipinski definition) is 1. The molecule has 0 aliphatic rings. The number of hydrogen-bond donors (Lipinski definition) is 1. The Labute approximate surface area is 100 Å². The maximum absolute atomic E-state index is 4.63. The lowest BCUT2D eigenvalue weighted by Gasteiger charge is -2.04. The van der Waals surface area contributed by atoms with E-state index in [9.17, 15) is 0 Å². The highest BCUT2D eigenvalue weighted by Gasteiger charge is 2.08. The molecule has 0 spiro atoms. The minimum atomic E-state index is 0.951. The molecule has 0 bridgehead atoms. The Morgan fingerprint density at radius 3 is 2.59 bits per heavy atom. The molecule has 0 aliphatic carbocycles. The van der Waals surface area contributed by atoms with Gasteiger partial charge in [0.25, 0.3) is 0 Å². The average molecular weight is 222 g/mol. The number of nitrogens with zero attached hydrogens (tertiary/aromatic N) is 1. The molecule has 2 heteroatoms. The predicted molar refractivity (Wildman–Crippen MR) is 71.0 cm³/mol. The van der Waals surface area contributed by atoms with Crippen molar-refractivity contribution in [2.45, 2.75) is 13.8 Å². The summed E-state index contributed by atoms with van der Waals surface area (Å²) in [6.07, 6.45) is 0. The predicted octanol–water partition coefficient (Wildman–Crippen LogP) is 3.85. The van der Waals surface area contributed by atoms with Crippen LogP contribution in [0.15, 0.2) is 42.5 Å². The van der Waals surface area contributed by atoms with Crippen molar-refractivity contribution in [2.24, 2.45) is 0 Å². The third-order valence-corrected chi connectivity index (χ3v) is 3.25. The standard InChI is InChI=1S/C15H14N2/c1-10-6-5-7-12(11(10)2)15-16-13-8-3-4-9-14(13)17-15/h3-9H,1-2H3,(H,16,17). The van der Waals surface area contributed by atoms with Crippen LogP contribution in [0.1, 0.15) is 11.1 Å². The molecule has 17 heavy (non-hydrogen) atoms. The molecule has 84 valence electrons. The first-order valence-corrected chi connectivity index (χ1v) is 5.77. The summed E-state index contributed by atoms with van der Waals surface area (Å²) in [6, 6.07) is 14.4. The summed E-state index contributed by atoms with van der Waals surface area (Å²) in [5.74, 6) is 0.951. The number of rotatable bonds is 1. The number of para-hydroxylation sites is 2. The summed E-state index contributed by atoms with van der Waals surface area (Å²) in [6.45, 7) is 4.26. The van der Waals surface area contributed by atoms with Crippen LogP contribution in [-0.2, 0) is 0 Å². The fourth-order valence-corrected chi connectivity index (χ4v) is 2.09. The van der Waals surface area contributed by atoms with Crippen molar-refractivity contribution in [1.82, 2.24) is 9.97 Å². The number of benzene rings is 2. The Hall–Kier alpha value is -2.09. The van der Waals surface area contributed by atoms with Crippen LogP contribution < -0.4 is 0 Å². The van der Waals surface area contributed by atoms with Crippen molar-refractivity contribution in [3.63, 3.8) is 0 Å². The summed E-state index contributed by atoms with van der Waals surface area (Å²) in [4.78, 5) is 8.00. The molecule has 0 atom stereocenters. The Morgan fingerprint density at radius 1 is 0.941 bits per heavy atom. The van der Waals surface area contributed by atoms with Gasteiger partial charge in [-0.2, -0.15) is 0 Å². The van der Waals surface area contributed by atoms with Gasteiger partial charge in [0, 0.05) is 5.56 Å². The Kier molecular flexibility index (Phi) is 2.22. The van der Waals surface area contributed by atoms with E-state index in [1.807, 2.05) is 18.2 Å². The molecule has 0 unspecified atom stereocenters. The first-order chi connectivity index (χ1) is 8.25. The van der Waals surface area contributed by atoms with E-state index in [2.05, 4.69) is 48.1 Å². The monoisotopic (exact) mass is 222 g/mol. The zero-order valence-corrected chi connectivity index (χ0v) is 9.99. The van der Waals surface area contributed by atoms with Crippen molar-refractivity contribution < 1.29 is 0 Å². The number of nitrogens with one attached hydrogen (secondary N) is 1. The van der Waals surface area contributed by atoms with E-state index in [1.54, 1.807) is 0 Å². The van der Waals surface area contributed by atoms with Gasteiger partial charge < -0.3 is 4.98 Å². The molecule has 1 heterocycles. The maximum atomic E-state index is 4.63. The van der Waals surface area contributed by atoms with Gasteiger partial charge >= 0.3 is 0 Å². The van der Waals surface area contributed by atoms with Crippen LogP contribution in [0.4, 0.5) is 0 Å². The van der Waals surface area contributed by atoms with Gasteiger partial charge in [-0.05, 0) is 37.1 Å². The molecule has 0 saturated heterocycles. The van der Waals surface area contributed by atoms with Crippen molar-refractivity contribution in [3.05, 3.63) is 53.6 Å². The van der Waals surface area contributed by atoms with Gasteiger partial charge in [-0.15, -0.1) is 0 Å². The van der Waals surface area contributed by atoms with Gasteiger partial charge in [0.05, 0.1) is 11.0 Å². The number of imidazole rings is 1. The van der Waals surface area contributed by atoms with E-state index in [0.29, 0.717) is 0 Å². The fourth-order valence-electron chi connectivity index (χ4n) is 2.09. The number of fused-ring (bicyclic) bond motifs is 1. The molecule has 1 aromatic heterocycles. The molecule has 3 rings (SSSR count). The number of H-pyrrole nitrogens is 1. The zero-order valence-electron chi connectivity index (χ0n) is 9.99. The highest BCUT2D eigenvalue weighted by molar-refractivity contribution is 5.80. The summed E-state index contributed by atoms with van der Waals surface area (Å²) in [7, 11) is 0. The van der Waals surface area contributed by atoms with E-state index < -0.39 is 0 Å². The molecule has 0 amide bonds. The smallest absolute Gasteiger partial charge is 0.138 e. The average Bonchev–Trinajstić information content (AvgIpc) is 2.76. The molecule has 0 radical (unpaired) electrons. The molecular formula is C15H14N2. The summed E-state index contributed by atoms with van der Waals surface area (Å²) in [5.41, 5.74) is 5.86. The Morgan fingerprint density at radius 2 is 1.76 bits per heavy atom. The van der Waals surface area contributed by atoms with Crippen molar-refractivity contribution >= 4 is 11.0 Å². The Balaban J connectivity index is 2.24. The van der Waals surface area contributed by atoms with E-state index in [-0.39, 0.29) is 0 Å². The fraction of sp³-hybridized carbons (Fsp3) is 0.133. The van der Waals surface area contributed by atoms with E-state index >= 15 is 0 Å². The molecule has 0 saturated carbocycles. The second-order valence-corrected chi connectivity index (χ2v) is 4.35. The van der Waals surface area contributed by atoms with Crippen LogP contribution in [0.2, 0.25) is 0 Å². The molecule has 1 N–H and O–H groups in total. The topological polar surface area (TPSA) is 28.7 Å². The van der Waals surface area contributed by atoms with Gasteiger partial charge in [-0.3, -0.25) is 0 Å². The SMILES string of the molecule is Cc1cccc(-c2nc3ccccc3[nH]2)c1C. The largest absolute Gasteiger partial charge is 0.338 e. The van der Waals surface area contributed by atoms with E-state index in [1.165, 1.54) is 16.7 Å². The van der Waals surface area contributed by atoms with Gasteiger partial charge in [0.1, 0.15) is 5.82 Å². The molecular weight excluding hydrogens is 208 g/mol. The lowest BCUT2D eigenvalue weighted by atomic mass is 10.0. The highest BCUT2D eigenvalue weighted by atomic mass is 14.9. The number of aromatic nitrogens is 2. The van der Waals surface area contributed by atoms with Crippen LogP contribution in [0.3, 0.4) is 0 Å². The maximum Gasteiger partial charge on any atom is 0.138 e. The second kappa shape index (κ2) is 3.74. The third kappa shape index (κ3) is 1.62. The number of aromatic amines is 1. The van der Waals surface area contributed by atoms with Crippen LogP contribution in [0, 0.1) is 13.8 Å². The quantitative estimate of drug-likeness (QED) is 0.665. The van der Waals surface area contributed by atoms with Crippen LogP contribution >= 0.6 is 0 Å². The van der Waals surface area contributed by atoms with Gasteiger partial charge in [-0.1, -0.05) is 30.3 Å². The Bertz CT molecular complexity index is 647. The molecule has 2 aromatic carbocycles. The summed E-state index contributed by atoms with van der Waals surface area (Å²) in [5, 5.41) is 0. The van der Waals surface area contributed by atoms with Crippen LogP contribution in [-0.4, -0.2) is 9.97 Å². The van der Waals surface area contributed by atoms with Gasteiger partial charge in [0.2, 0.25) is 0 Å². The summed E-state index contributed by atoms with van der Waals surface area (Å²) >= 11 is 0. The van der Waals surface area contributed by atoms with Crippen molar-refractivity contribution in [1.29, 1.82) is 0 Å². The van der Waals surface area contributed by atoms with Crippen LogP contribution in [0.25, 0.3) is 22.4 Å². The minimum absolute atomic E-state index is 0.951. The van der Waals surface area contributed by atoms with Crippen LogP contribution in [0.5, 0.6) is 0 Å². The molecule has 2 nitrogen and oxygen atoms in total. The van der Waals surface area contributed by atoms with Gasteiger partial charge in [0.15, 0.2) is 0 Å². The minimum Gasteiger partial charge on any atom is -0.338 e. The molecule has 0 aliphatic heterocycles. The lowest BCUT2D eigenvalue weighted by Crippen LogP contribution is -1.88. The first kappa shape index (κ1) is 10.1. The van der Waals surface area contributed by atoms with E-state index in [4.69, 9.17) is 0 Å². The molecule has 3 aromatic rings. The molecule has 0 fully saturated rings. The third-order valence-electron chi connectivity index (χ3n) is 3.25. The lowest BCUT2D eigenvalue weighted by molar-refractivity contribution is 1.27. The second-order valence-electron chi connectivity index (χ2n) is 4.35. The summed E-state index contributed by atoms with van der Waals surface area (Å²) < 4.78 is 0. The van der Waals surface area contributed by atoms with Crippen molar-refractivity contribution in [3.8, 4) is 11.4 Å². The normalized spacial score (nSPS) is 10.9.